The number of nitrogens with zero attached hydrogens (tertiary/aromatic N) is 1. The number of nitrogens with one attached hydrogen (secondary N) is 1. The molecule has 0 aliphatic carbocycles. The minimum absolute atomic E-state index is 0. The summed E-state index contributed by atoms with van der Waals surface area (Å²) in [5.41, 5.74) is 0. The topological polar surface area (TPSA) is 49.3 Å². The molecule has 182 valence electrons. The average Bonchev–Trinajstić information content (AvgIpc) is 2.68. The minimum atomic E-state index is 0. The summed E-state index contributed by atoms with van der Waals surface area (Å²) >= 11 is 0. The Kier molecular flexibility index (Phi) is 25.1. The van der Waals surface area contributed by atoms with Crippen molar-refractivity contribution < 1.29 is 31.4 Å². The Morgan fingerprint density at radius 1 is 0.700 bits per heavy atom. The van der Waals surface area contributed by atoms with Crippen molar-refractivity contribution in [3.05, 3.63) is 0 Å². The standard InChI is InChI=1S/C25H52N2O2.BrH/c1-4-5-6-7-8-9-10-11-12-13-14-15-16-17-18-20-25(29)26-21-19-22-27(2,3)23-24-28;/h28H,4-24H2,1-3H3;1H. The first kappa shape index (κ1) is 32.1. The fraction of sp³-hybridized carbons (Fsp3) is 0.960. The molecular weight excluding hydrogens is 440 g/mol. The lowest BCUT2D eigenvalue weighted by Crippen LogP contribution is -3.00. The lowest BCUT2D eigenvalue weighted by Gasteiger charge is -2.28. The molecule has 4 nitrogen and oxygen atoms in total. The minimum Gasteiger partial charge on any atom is -1.00 e. The second kappa shape index (κ2) is 23.5. The number of likely N-dealkylation sites (N-methyl/N-ethyl adjacent to an activating group) is 1. The van der Waals surface area contributed by atoms with Crippen molar-refractivity contribution in [2.75, 3.05) is 40.3 Å². The van der Waals surface area contributed by atoms with Crippen molar-refractivity contribution in [1.29, 1.82) is 0 Å². The quantitative estimate of drug-likeness (QED) is 0.180. The van der Waals surface area contributed by atoms with Gasteiger partial charge in [0.05, 0.1) is 27.2 Å². The fourth-order valence-corrected chi connectivity index (χ4v) is 3.86. The highest BCUT2D eigenvalue weighted by Gasteiger charge is 2.13. The van der Waals surface area contributed by atoms with Gasteiger partial charge in [0.25, 0.3) is 0 Å². The average molecular weight is 494 g/mol. The van der Waals surface area contributed by atoms with E-state index in [4.69, 9.17) is 5.11 Å². The predicted molar refractivity (Wildman–Crippen MR) is 126 cm³/mol. The first-order chi connectivity index (χ1) is 14.0. The molecule has 0 aliphatic rings. The zero-order valence-corrected chi connectivity index (χ0v) is 22.1. The Labute approximate surface area is 198 Å². The Morgan fingerprint density at radius 2 is 1.13 bits per heavy atom. The Balaban J connectivity index is 0. The summed E-state index contributed by atoms with van der Waals surface area (Å²) in [4.78, 5) is 11.9. The Bertz CT molecular complexity index is 365. The first-order valence-electron chi connectivity index (χ1n) is 12.7. The van der Waals surface area contributed by atoms with Gasteiger partial charge in [0.1, 0.15) is 6.54 Å². The normalized spacial score (nSPS) is 11.3. The van der Waals surface area contributed by atoms with Crippen LogP contribution in [0, 0.1) is 0 Å². The van der Waals surface area contributed by atoms with Crippen LogP contribution in [0.15, 0.2) is 0 Å². The van der Waals surface area contributed by atoms with Crippen LogP contribution in [0.1, 0.15) is 116 Å². The number of carbonyl (C=O) groups excluding carboxylic acids is 1. The van der Waals surface area contributed by atoms with Crippen LogP contribution in [0.5, 0.6) is 0 Å². The summed E-state index contributed by atoms with van der Waals surface area (Å²) in [5, 5.41) is 12.1. The number of aliphatic hydroxyl groups is 1. The number of carbonyl (C=O) groups is 1. The third-order valence-electron chi connectivity index (χ3n) is 5.98. The second-order valence-electron chi connectivity index (χ2n) is 9.51. The van der Waals surface area contributed by atoms with E-state index in [2.05, 4.69) is 26.3 Å². The van der Waals surface area contributed by atoms with Crippen LogP contribution in [0.2, 0.25) is 0 Å². The van der Waals surface area contributed by atoms with E-state index in [1.54, 1.807) is 0 Å². The van der Waals surface area contributed by atoms with Gasteiger partial charge >= 0.3 is 0 Å². The van der Waals surface area contributed by atoms with E-state index in [1.807, 2.05) is 0 Å². The lowest BCUT2D eigenvalue weighted by molar-refractivity contribution is -0.890. The van der Waals surface area contributed by atoms with Crippen LogP contribution in [0.3, 0.4) is 0 Å². The highest BCUT2D eigenvalue weighted by molar-refractivity contribution is 5.75. The number of rotatable bonds is 22. The molecule has 30 heavy (non-hydrogen) atoms. The summed E-state index contributed by atoms with van der Waals surface area (Å²) in [5.74, 6) is 0.201. The van der Waals surface area contributed by atoms with E-state index in [0.717, 1.165) is 37.0 Å². The molecule has 0 bridgehead atoms. The molecule has 2 N–H and O–H groups in total. The molecule has 0 aromatic rings. The molecule has 0 spiro atoms. The predicted octanol–water partition coefficient (Wildman–Crippen LogP) is 2.83. The summed E-state index contributed by atoms with van der Waals surface area (Å²) in [6, 6.07) is 0. The van der Waals surface area contributed by atoms with Gasteiger partial charge in [-0.3, -0.25) is 4.79 Å². The van der Waals surface area contributed by atoms with Crippen molar-refractivity contribution in [3.63, 3.8) is 0 Å². The smallest absolute Gasteiger partial charge is 0.219 e. The summed E-state index contributed by atoms with van der Waals surface area (Å²) < 4.78 is 0.811. The first-order valence-corrected chi connectivity index (χ1v) is 12.7. The molecule has 0 fully saturated rings. The van der Waals surface area contributed by atoms with Crippen LogP contribution >= 0.6 is 0 Å². The molecule has 0 saturated heterocycles. The molecule has 0 aromatic carbocycles. The molecule has 0 aromatic heterocycles. The SMILES string of the molecule is CCCCCCCCCCCCCCCCCC(=O)NCCC[N+](C)(C)CCO.[Br-]. The van der Waals surface area contributed by atoms with Crippen molar-refractivity contribution >= 4 is 5.91 Å². The number of quaternary nitrogens is 1. The van der Waals surface area contributed by atoms with Crippen molar-refractivity contribution in [2.24, 2.45) is 0 Å². The molecule has 0 heterocycles. The van der Waals surface area contributed by atoms with Crippen LogP contribution in [0.25, 0.3) is 0 Å². The van der Waals surface area contributed by atoms with Gasteiger partial charge in [-0.2, -0.15) is 0 Å². The lowest BCUT2D eigenvalue weighted by atomic mass is 10.0. The van der Waals surface area contributed by atoms with Gasteiger partial charge in [-0.15, -0.1) is 0 Å². The van der Waals surface area contributed by atoms with Crippen molar-refractivity contribution in [1.82, 2.24) is 5.32 Å². The molecule has 0 atom stereocenters. The van der Waals surface area contributed by atoms with Crippen LogP contribution in [0.4, 0.5) is 0 Å². The molecule has 5 heteroatoms. The molecule has 0 saturated carbocycles. The second-order valence-corrected chi connectivity index (χ2v) is 9.51. The molecule has 1 amide bonds. The van der Waals surface area contributed by atoms with Crippen LogP contribution in [-0.2, 0) is 4.79 Å². The van der Waals surface area contributed by atoms with E-state index in [-0.39, 0.29) is 29.5 Å². The van der Waals surface area contributed by atoms with Gasteiger partial charge in [-0.05, 0) is 6.42 Å². The number of aliphatic hydroxyl groups excluding tert-OH is 1. The maximum atomic E-state index is 11.9. The van der Waals surface area contributed by atoms with Gasteiger partial charge < -0.3 is 31.9 Å². The molecule has 0 unspecified atom stereocenters. The van der Waals surface area contributed by atoms with E-state index >= 15 is 0 Å². The fourth-order valence-electron chi connectivity index (χ4n) is 3.86. The van der Waals surface area contributed by atoms with Crippen molar-refractivity contribution in [2.45, 2.75) is 116 Å². The van der Waals surface area contributed by atoms with Gasteiger partial charge in [0.2, 0.25) is 5.91 Å². The largest absolute Gasteiger partial charge is 1.00 e. The summed E-state index contributed by atoms with van der Waals surface area (Å²) in [6.45, 7) is 5.01. The third kappa shape index (κ3) is 24.1. The van der Waals surface area contributed by atoms with Gasteiger partial charge in [0, 0.05) is 19.4 Å². The van der Waals surface area contributed by atoms with Crippen LogP contribution < -0.4 is 22.3 Å². The maximum Gasteiger partial charge on any atom is 0.219 e. The van der Waals surface area contributed by atoms with Gasteiger partial charge in [0.15, 0.2) is 0 Å². The number of halogens is 1. The maximum absolute atomic E-state index is 11.9. The van der Waals surface area contributed by atoms with E-state index < -0.39 is 0 Å². The molecule has 0 radical (unpaired) electrons. The zero-order valence-electron chi connectivity index (χ0n) is 20.5. The van der Waals surface area contributed by atoms with E-state index in [9.17, 15) is 4.79 Å². The Hall–Kier alpha value is -0.130. The van der Waals surface area contributed by atoms with Gasteiger partial charge in [-0.25, -0.2) is 0 Å². The number of hydrogen-bond donors (Lipinski definition) is 2. The number of hydrogen-bond acceptors (Lipinski definition) is 2. The third-order valence-corrected chi connectivity index (χ3v) is 5.98. The summed E-state index contributed by atoms with van der Waals surface area (Å²) in [6.07, 6.45) is 22.0. The zero-order chi connectivity index (χ0) is 21.6. The van der Waals surface area contributed by atoms with Crippen molar-refractivity contribution in [3.8, 4) is 0 Å². The molecule has 0 aliphatic heterocycles. The Morgan fingerprint density at radius 3 is 1.57 bits per heavy atom. The monoisotopic (exact) mass is 492 g/mol. The number of unbranched alkanes of at least 4 members (excludes halogenated alkanes) is 14. The highest BCUT2D eigenvalue weighted by atomic mass is 79.9. The van der Waals surface area contributed by atoms with E-state index in [0.29, 0.717) is 6.42 Å². The van der Waals surface area contributed by atoms with Crippen LogP contribution in [-0.4, -0.2) is 55.8 Å². The molecule has 0 rings (SSSR count). The van der Waals surface area contributed by atoms with E-state index in [1.165, 1.54) is 89.9 Å². The molecular formula is C25H53BrN2O2. The highest BCUT2D eigenvalue weighted by Crippen LogP contribution is 2.13. The van der Waals surface area contributed by atoms with Gasteiger partial charge in [-0.1, -0.05) is 96.8 Å². The number of amides is 1. The summed E-state index contributed by atoms with van der Waals surface area (Å²) in [7, 11) is 4.24.